The topological polar surface area (TPSA) is 38.0 Å². The third-order valence-corrected chi connectivity index (χ3v) is 3.10. The molecule has 2 rings (SSSR count). The van der Waals surface area contributed by atoms with E-state index in [4.69, 9.17) is 5.73 Å². The SMILES string of the molecule is CCC1CC1Nc1ccc(N)cc1C(F)F. The summed E-state index contributed by atoms with van der Waals surface area (Å²) in [4.78, 5) is 0. The van der Waals surface area contributed by atoms with Crippen LogP contribution in [0.4, 0.5) is 20.2 Å². The number of hydrogen-bond acceptors (Lipinski definition) is 2. The Kier molecular flexibility index (Phi) is 2.99. The molecule has 1 fully saturated rings. The third kappa shape index (κ3) is 2.26. The van der Waals surface area contributed by atoms with E-state index in [9.17, 15) is 8.78 Å². The number of halogens is 2. The van der Waals surface area contributed by atoms with Crippen molar-refractivity contribution < 1.29 is 8.78 Å². The van der Waals surface area contributed by atoms with Crippen LogP contribution in [0.5, 0.6) is 0 Å². The Hall–Kier alpha value is -1.32. The van der Waals surface area contributed by atoms with Crippen molar-refractivity contribution in [1.82, 2.24) is 0 Å². The van der Waals surface area contributed by atoms with Crippen LogP contribution in [0.15, 0.2) is 18.2 Å². The molecule has 88 valence electrons. The maximum absolute atomic E-state index is 12.8. The number of nitrogen functional groups attached to an aromatic ring is 1. The molecule has 0 spiro atoms. The molecule has 0 radical (unpaired) electrons. The van der Waals surface area contributed by atoms with Crippen molar-refractivity contribution >= 4 is 11.4 Å². The highest BCUT2D eigenvalue weighted by Gasteiger charge is 2.35. The zero-order valence-electron chi connectivity index (χ0n) is 9.21. The fourth-order valence-corrected chi connectivity index (χ4v) is 1.97. The quantitative estimate of drug-likeness (QED) is 0.772. The Bertz CT molecular complexity index is 379. The second kappa shape index (κ2) is 4.28. The summed E-state index contributed by atoms with van der Waals surface area (Å²) < 4.78 is 25.5. The predicted octanol–water partition coefficient (Wildman–Crippen LogP) is 3.42. The number of hydrogen-bond donors (Lipinski definition) is 2. The highest BCUT2D eigenvalue weighted by atomic mass is 19.3. The van der Waals surface area contributed by atoms with Crippen LogP contribution in [0.1, 0.15) is 31.8 Å². The number of anilines is 2. The van der Waals surface area contributed by atoms with Crippen molar-refractivity contribution in [3.63, 3.8) is 0 Å². The third-order valence-electron chi connectivity index (χ3n) is 3.10. The molecule has 16 heavy (non-hydrogen) atoms. The van der Waals surface area contributed by atoms with Gasteiger partial charge in [0.05, 0.1) is 0 Å². The normalized spacial score (nSPS) is 23.5. The van der Waals surface area contributed by atoms with E-state index in [0.29, 0.717) is 23.3 Å². The molecule has 4 heteroatoms. The van der Waals surface area contributed by atoms with Gasteiger partial charge in [-0.05, 0) is 30.5 Å². The summed E-state index contributed by atoms with van der Waals surface area (Å²) in [6.45, 7) is 2.11. The summed E-state index contributed by atoms with van der Waals surface area (Å²) >= 11 is 0. The number of rotatable bonds is 4. The van der Waals surface area contributed by atoms with E-state index in [2.05, 4.69) is 12.2 Å². The lowest BCUT2D eigenvalue weighted by Crippen LogP contribution is -2.07. The Morgan fingerprint density at radius 3 is 2.81 bits per heavy atom. The molecule has 1 aromatic carbocycles. The molecule has 0 heterocycles. The summed E-state index contributed by atoms with van der Waals surface area (Å²) in [6, 6.07) is 4.99. The second-order valence-electron chi connectivity index (χ2n) is 4.30. The minimum Gasteiger partial charge on any atom is -0.399 e. The van der Waals surface area contributed by atoms with Gasteiger partial charge >= 0.3 is 0 Å². The lowest BCUT2D eigenvalue weighted by molar-refractivity contribution is 0.152. The fourth-order valence-electron chi connectivity index (χ4n) is 1.97. The number of nitrogens with one attached hydrogen (secondary N) is 1. The molecule has 1 aliphatic rings. The molecule has 1 aromatic rings. The van der Waals surface area contributed by atoms with Crippen molar-refractivity contribution in [2.24, 2.45) is 5.92 Å². The Morgan fingerprint density at radius 2 is 2.25 bits per heavy atom. The first-order valence-electron chi connectivity index (χ1n) is 5.56. The lowest BCUT2D eigenvalue weighted by Gasteiger charge is -2.12. The van der Waals surface area contributed by atoms with Gasteiger partial charge in [0, 0.05) is 23.0 Å². The van der Waals surface area contributed by atoms with E-state index < -0.39 is 6.43 Å². The van der Waals surface area contributed by atoms with Crippen LogP contribution in [0.3, 0.4) is 0 Å². The van der Waals surface area contributed by atoms with E-state index in [1.165, 1.54) is 6.07 Å². The first kappa shape index (κ1) is 11.2. The highest BCUT2D eigenvalue weighted by Crippen LogP contribution is 2.38. The van der Waals surface area contributed by atoms with Crippen molar-refractivity contribution in [2.75, 3.05) is 11.1 Å². The second-order valence-corrected chi connectivity index (χ2v) is 4.30. The van der Waals surface area contributed by atoms with Gasteiger partial charge in [-0.1, -0.05) is 13.3 Å². The van der Waals surface area contributed by atoms with Crippen molar-refractivity contribution in [3.05, 3.63) is 23.8 Å². The average Bonchev–Trinajstić information content (AvgIpc) is 2.99. The molecule has 1 aliphatic carbocycles. The van der Waals surface area contributed by atoms with Crippen LogP contribution in [0.25, 0.3) is 0 Å². The maximum Gasteiger partial charge on any atom is 0.265 e. The molecular formula is C12H16F2N2. The fraction of sp³-hybridized carbons (Fsp3) is 0.500. The highest BCUT2D eigenvalue weighted by molar-refractivity contribution is 5.59. The molecule has 0 bridgehead atoms. The van der Waals surface area contributed by atoms with Gasteiger partial charge < -0.3 is 11.1 Å². The summed E-state index contributed by atoms with van der Waals surface area (Å²) in [6.07, 6.45) is -0.315. The largest absolute Gasteiger partial charge is 0.399 e. The molecule has 3 N–H and O–H groups in total. The van der Waals surface area contributed by atoms with Crippen molar-refractivity contribution in [1.29, 1.82) is 0 Å². The van der Waals surface area contributed by atoms with Crippen LogP contribution in [-0.2, 0) is 0 Å². The van der Waals surface area contributed by atoms with Crippen LogP contribution in [0.2, 0.25) is 0 Å². The predicted molar refractivity (Wildman–Crippen MR) is 61.6 cm³/mol. The molecule has 0 amide bonds. The van der Waals surface area contributed by atoms with E-state index in [1.54, 1.807) is 12.1 Å². The van der Waals surface area contributed by atoms with E-state index >= 15 is 0 Å². The van der Waals surface area contributed by atoms with Gasteiger partial charge in [-0.2, -0.15) is 0 Å². The summed E-state index contributed by atoms with van der Waals surface area (Å²) in [5, 5.41) is 3.16. The van der Waals surface area contributed by atoms with Crippen LogP contribution in [-0.4, -0.2) is 6.04 Å². The summed E-state index contributed by atoms with van der Waals surface area (Å²) in [5.41, 5.74) is 6.40. The van der Waals surface area contributed by atoms with Gasteiger partial charge in [0.25, 0.3) is 6.43 Å². The van der Waals surface area contributed by atoms with E-state index in [0.717, 1.165) is 12.8 Å². The van der Waals surface area contributed by atoms with E-state index in [1.807, 2.05) is 0 Å². The Morgan fingerprint density at radius 1 is 1.50 bits per heavy atom. The van der Waals surface area contributed by atoms with E-state index in [-0.39, 0.29) is 5.56 Å². The standard InChI is InChI=1S/C12H16F2N2/c1-2-7-5-11(7)16-10-4-3-8(15)6-9(10)12(13)14/h3-4,6-7,11-12,16H,2,5,15H2,1H3. The first-order chi connectivity index (χ1) is 7.61. The number of alkyl halides is 2. The number of benzene rings is 1. The molecule has 2 nitrogen and oxygen atoms in total. The molecule has 2 atom stereocenters. The molecule has 0 saturated heterocycles. The molecular weight excluding hydrogens is 210 g/mol. The van der Waals surface area contributed by atoms with Gasteiger partial charge in [-0.25, -0.2) is 8.78 Å². The zero-order valence-corrected chi connectivity index (χ0v) is 9.21. The summed E-state index contributed by atoms with van der Waals surface area (Å²) in [5.74, 6) is 0.628. The molecule has 1 saturated carbocycles. The van der Waals surface area contributed by atoms with Gasteiger partial charge in [-0.15, -0.1) is 0 Å². The smallest absolute Gasteiger partial charge is 0.265 e. The van der Waals surface area contributed by atoms with Crippen molar-refractivity contribution in [2.45, 2.75) is 32.2 Å². The minimum absolute atomic E-state index is 0.00162. The molecule has 2 unspecified atom stereocenters. The summed E-state index contributed by atoms with van der Waals surface area (Å²) in [7, 11) is 0. The van der Waals surface area contributed by atoms with Crippen LogP contribution >= 0.6 is 0 Å². The number of nitrogens with two attached hydrogens (primary N) is 1. The van der Waals surface area contributed by atoms with Crippen LogP contribution < -0.4 is 11.1 Å². The first-order valence-corrected chi connectivity index (χ1v) is 5.56. The zero-order chi connectivity index (χ0) is 11.7. The molecule has 0 aromatic heterocycles. The molecule has 0 aliphatic heterocycles. The van der Waals surface area contributed by atoms with Crippen LogP contribution in [0, 0.1) is 5.92 Å². The van der Waals surface area contributed by atoms with Gasteiger partial charge in [-0.3, -0.25) is 0 Å². The maximum atomic E-state index is 12.8. The van der Waals surface area contributed by atoms with Gasteiger partial charge in [0.15, 0.2) is 0 Å². The Balaban J connectivity index is 2.14. The monoisotopic (exact) mass is 226 g/mol. The van der Waals surface area contributed by atoms with Gasteiger partial charge in [0.2, 0.25) is 0 Å². The Labute approximate surface area is 93.8 Å². The minimum atomic E-state index is -2.48. The van der Waals surface area contributed by atoms with Crippen molar-refractivity contribution in [3.8, 4) is 0 Å². The lowest BCUT2D eigenvalue weighted by atomic mass is 10.1. The van der Waals surface area contributed by atoms with Gasteiger partial charge in [0.1, 0.15) is 0 Å². The average molecular weight is 226 g/mol.